The Morgan fingerprint density at radius 2 is 2.29 bits per heavy atom. The summed E-state index contributed by atoms with van der Waals surface area (Å²) in [6, 6.07) is 0. The van der Waals surface area contributed by atoms with Crippen molar-refractivity contribution in [3.63, 3.8) is 0 Å². The minimum Gasteiger partial charge on any atom is -0.383 e. The van der Waals surface area contributed by atoms with Crippen molar-refractivity contribution in [1.29, 1.82) is 0 Å². The molecule has 5 heteroatoms. The molecule has 0 aliphatic carbocycles. The molecule has 2 atom stereocenters. The Labute approximate surface area is 103 Å². The van der Waals surface area contributed by atoms with Gasteiger partial charge in [0.25, 0.3) is 0 Å². The first-order valence-corrected chi connectivity index (χ1v) is 6.30. The highest BCUT2D eigenvalue weighted by atomic mass is 16.5. The SMILES string of the molecule is CCC1CN(C(=O)CNCCOC)CC(C)O1. The number of nitrogens with one attached hydrogen (secondary N) is 1. The third kappa shape index (κ3) is 5.02. The summed E-state index contributed by atoms with van der Waals surface area (Å²) >= 11 is 0. The van der Waals surface area contributed by atoms with Crippen LogP contribution in [0.2, 0.25) is 0 Å². The first-order valence-electron chi connectivity index (χ1n) is 6.30. The maximum absolute atomic E-state index is 11.9. The number of ether oxygens (including phenoxy) is 2. The van der Waals surface area contributed by atoms with Crippen LogP contribution in [-0.2, 0) is 14.3 Å². The van der Waals surface area contributed by atoms with Gasteiger partial charge >= 0.3 is 0 Å². The van der Waals surface area contributed by atoms with Crippen molar-refractivity contribution in [2.75, 3.05) is 39.9 Å². The van der Waals surface area contributed by atoms with Crippen LogP contribution in [-0.4, -0.2) is 62.9 Å². The summed E-state index contributed by atoms with van der Waals surface area (Å²) in [6.45, 7) is 7.23. The molecule has 1 rings (SSSR count). The molecule has 1 amide bonds. The predicted molar refractivity (Wildman–Crippen MR) is 66.0 cm³/mol. The molecule has 100 valence electrons. The number of nitrogens with zero attached hydrogens (tertiary/aromatic N) is 1. The molecule has 0 radical (unpaired) electrons. The molecule has 0 aromatic heterocycles. The van der Waals surface area contributed by atoms with Gasteiger partial charge in [-0.25, -0.2) is 0 Å². The van der Waals surface area contributed by atoms with Gasteiger partial charge in [0.05, 0.1) is 25.4 Å². The molecular weight excluding hydrogens is 220 g/mol. The molecule has 1 aliphatic heterocycles. The lowest BCUT2D eigenvalue weighted by Crippen LogP contribution is -2.51. The van der Waals surface area contributed by atoms with Gasteiger partial charge in [0.2, 0.25) is 5.91 Å². The molecule has 1 fully saturated rings. The van der Waals surface area contributed by atoms with Crippen molar-refractivity contribution >= 4 is 5.91 Å². The Kier molecular flexibility index (Phi) is 6.47. The summed E-state index contributed by atoms with van der Waals surface area (Å²) in [4.78, 5) is 13.8. The highest BCUT2D eigenvalue weighted by molar-refractivity contribution is 5.78. The largest absolute Gasteiger partial charge is 0.383 e. The third-order valence-electron chi connectivity index (χ3n) is 2.89. The van der Waals surface area contributed by atoms with Crippen molar-refractivity contribution in [2.45, 2.75) is 32.5 Å². The van der Waals surface area contributed by atoms with E-state index in [0.29, 0.717) is 32.8 Å². The molecule has 1 N–H and O–H groups in total. The summed E-state index contributed by atoms with van der Waals surface area (Å²) in [7, 11) is 1.65. The zero-order chi connectivity index (χ0) is 12.7. The van der Waals surface area contributed by atoms with Gasteiger partial charge in [-0.15, -0.1) is 0 Å². The second-order valence-electron chi connectivity index (χ2n) is 4.45. The van der Waals surface area contributed by atoms with Gasteiger partial charge in [-0.05, 0) is 13.3 Å². The second kappa shape index (κ2) is 7.63. The van der Waals surface area contributed by atoms with Crippen LogP contribution in [0.1, 0.15) is 20.3 Å². The average molecular weight is 244 g/mol. The molecule has 0 bridgehead atoms. The molecule has 0 aromatic carbocycles. The summed E-state index contributed by atoms with van der Waals surface area (Å²) < 4.78 is 10.6. The van der Waals surface area contributed by atoms with Crippen LogP contribution in [0.25, 0.3) is 0 Å². The van der Waals surface area contributed by atoms with Crippen molar-refractivity contribution < 1.29 is 14.3 Å². The summed E-state index contributed by atoms with van der Waals surface area (Å²) in [5, 5.41) is 3.07. The van der Waals surface area contributed by atoms with Gasteiger partial charge in [-0.2, -0.15) is 0 Å². The number of morpholine rings is 1. The number of hydrogen-bond acceptors (Lipinski definition) is 4. The smallest absolute Gasteiger partial charge is 0.236 e. The fourth-order valence-electron chi connectivity index (χ4n) is 1.96. The zero-order valence-corrected chi connectivity index (χ0v) is 11.1. The van der Waals surface area contributed by atoms with Crippen LogP contribution in [0, 0.1) is 0 Å². The molecule has 0 aromatic rings. The second-order valence-corrected chi connectivity index (χ2v) is 4.45. The molecule has 1 aliphatic rings. The highest BCUT2D eigenvalue weighted by Crippen LogP contribution is 2.13. The number of rotatable bonds is 6. The zero-order valence-electron chi connectivity index (χ0n) is 11.1. The fraction of sp³-hybridized carbons (Fsp3) is 0.917. The van der Waals surface area contributed by atoms with Crippen LogP contribution in [0.3, 0.4) is 0 Å². The van der Waals surface area contributed by atoms with E-state index >= 15 is 0 Å². The van der Waals surface area contributed by atoms with Crippen LogP contribution < -0.4 is 5.32 Å². The molecular formula is C12H24N2O3. The van der Waals surface area contributed by atoms with E-state index in [1.807, 2.05) is 11.8 Å². The van der Waals surface area contributed by atoms with E-state index < -0.39 is 0 Å². The van der Waals surface area contributed by atoms with E-state index in [-0.39, 0.29) is 18.1 Å². The minimum absolute atomic E-state index is 0.136. The van der Waals surface area contributed by atoms with Crippen LogP contribution in [0.15, 0.2) is 0 Å². The Hall–Kier alpha value is -0.650. The topological polar surface area (TPSA) is 50.8 Å². The number of carbonyl (C=O) groups excluding carboxylic acids is 1. The van der Waals surface area contributed by atoms with Crippen molar-refractivity contribution in [3.05, 3.63) is 0 Å². The molecule has 1 heterocycles. The van der Waals surface area contributed by atoms with Gasteiger partial charge in [0.1, 0.15) is 0 Å². The van der Waals surface area contributed by atoms with Gasteiger partial charge in [0, 0.05) is 26.7 Å². The minimum atomic E-state index is 0.136. The molecule has 2 unspecified atom stereocenters. The predicted octanol–water partition coefficient (Wildman–Crippen LogP) is 0.248. The number of hydrogen-bond donors (Lipinski definition) is 1. The first kappa shape index (κ1) is 14.4. The average Bonchev–Trinajstić information content (AvgIpc) is 2.33. The Morgan fingerprint density at radius 3 is 2.94 bits per heavy atom. The number of carbonyl (C=O) groups is 1. The lowest BCUT2D eigenvalue weighted by Gasteiger charge is -2.36. The quantitative estimate of drug-likeness (QED) is 0.680. The highest BCUT2D eigenvalue weighted by Gasteiger charge is 2.26. The summed E-state index contributed by atoms with van der Waals surface area (Å²) in [5.41, 5.74) is 0. The van der Waals surface area contributed by atoms with Crippen molar-refractivity contribution in [2.24, 2.45) is 0 Å². The molecule has 1 saturated heterocycles. The van der Waals surface area contributed by atoms with Crippen molar-refractivity contribution in [1.82, 2.24) is 10.2 Å². The normalized spacial score (nSPS) is 25.0. The molecule has 17 heavy (non-hydrogen) atoms. The van der Waals surface area contributed by atoms with Crippen molar-refractivity contribution in [3.8, 4) is 0 Å². The number of amides is 1. The maximum Gasteiger partial charge on any atom is 0.236 e. The molecule has 0 spiro atoms. The summed E-state index contributed by atoms with van der Waals surface area (Å²) in [6.07, 6.45) is 1.27. The van der Waals surface area contributed by atoms with Gasteiger partial charge in [-0.3, -0.25) is 4.79 Å². The molecule has 5 nitrogen and oxygen atoms in total. The summed E-state index contributed by atoms with van der Waals surface area (Å²) in [5.74, 6) is 0.148. The Morgan fingerprint density at radius 1 is 1.53 bits per heavy atom. The van der Waals surface area contributed by atoms with E-state index in [9.17, 15) is 4.79 Å². The van der Waals surface area contributed by atoms with E-state index in [2.05, 4.69) is 12.2 Å². The van der Waals surface area contributed by atoms with Crippen LogP contribution in [0.4, 0.5) is 0 Å². The Balaban J connectivity index is 2.29. The fourth-order valence-corrected chi connectivity index (χ4v) is 1.96. The lowest BCUT2D eigenvalue weighted by molar-refractivity contribution is -0.143. The number of methoxy groups -OCH3 is 1. The van der Waals surface area contributed by atoms with Gasteiger partial charge < -0.3 is 19.7 Å². The standard InChI is InChI=1S/C12H24N2O3/c1-4-11-9-14(8-10(2)17-11)12(15)7-13-5-6-16-3/h10-11,13H,4-9H2,1-3H3. The monoisotopic (exact) mass is 244 g/mol. The molecule has 0 saturated carbocycles. The van der Waals surface area contributed by atoms with Gasteiger partial charge in [-0.1, -0.05) is 6.92 Å². The van der Waals surface area contributed by atoms with E-state index in [1.165, 1.54) is 0 Å². The van der Waals surface area contributed by atoms with Crippen LogP contribution >= 0.6 is 0 Å². The Bertz CT molecular complexity index is 236. The van der Waals surface area contributed by atoms with E-state index in [1.54, 1.807) is 7.11 Å². The first-order chi connectivity index (χ1) is 8.17. The van der Waals surface area contributed by atoms with E-state index in [0.717, 1.165) is 6.42 Å². The van der Waals surface area contributed by atoms with Gasteiger partial charge in [0.15, 0.2) is 0 Å². The lowest BCUT2D eigenvalue weighted by atomic mass is 10.2. The maximum atomic E-state index is 11.9. The van der Waals surface area contributed by atoms with E-state index in [4.69, 9.17) is 9.47 Å². The van der Waals surface area contributed by atoms with Crippen LogP contribution in [0.5, 0.6) is 0 Å². The third-order valence-corrected chi connectivity index (χ3v) is 2.89.